The van der Waals surface area contributed by atoms with Crippen molar-refractivity contribution in [3.8, 4) is 11.4 Å². The number of halogens is 2. The maximum absolute atomic E-state index is 13.1. The highest BCUT2D eigenvalue weighted by atomic mass is 79.9. The van der Waals surface area contributed by atoms with E-state index in [9.17, 15) is 9.18 Å². The van der Waals surface area contributed by atoms with E-state index >= 15 is 0 Å². The summed E-state index contributed by atoms with van der Waals surface area (Å²) in [7, 11) is 0. The van der Waals surface area contributed by atoms with E-state index in [4.69, 9.17) is 9.63 Å². The molecule has 0 spiro atoms. The summed E-state index contributed by atoms with van der Waals surface area (Å²) in [6, 6.07) is 4.18. The van der Waals surface area contributed by atoms with Crippen LogP contribution in [-0.2, 0) is 11.2 Å². The van der Waals surface area contributed by atoms with Crippen LogP contribution in [-0.4, -0.2) is 21.2 Å². The molecule has 0 amide bonds. The van der Waals surface area contributed by atoms with Crippen LogP contribution < -0.4 is 0 Å². The van der Waals surface area contributed by atoms with Gasteiger partial charge in [0.25, 0.3) is 0 Å². The van der Waals surface area contributed by atoms with Crippen LogP contribution in [0.5, 0.6) is 0 Å². The first-order valence-electron chi connectivity index (χ1n) is 6.27. The predicted molar refractivity (Wildman–Crippen MR) is 77.1 cm³/mol. The summed E-state index contributed by atoms with van der Waals surface area (Å²) >= 11 is 3.25. The van der Waals surface area contributed by atoms with E-state index < -0.39 is 11.4 Å². The van der Waals surface area contributed by atoms with Gasteiger partial charge in [-0.05, 0) is 39.5 Å². The third kappa shape index (κ3) is 4.10. The molecular formula is C14H14BrFN2O3. The number of hydrogen-bond acceptors (Lipinski definition) is 4. The largest absolute Gasteiger partial charge is 0.481 e. The van der Waals surface area contributed by atoms with Crippen molar-refractivity contribution in [1.29, 1.82) is 0 Å². The SMILES string of the molecule is CC(C)(CC(=O)O)Cc1nc(-c2ccc(F)cc2Br)no1. The van der Waals surface area contributed by atoms with Crippen LogP contribution in [0.2, 0.25) is 0 Å². The third-order valence-electron chi connectivity index (χ3n) is 2.90. The van der Waals surface area contributed by atoms with Crippen molar-refractivity contribution in [2.45, 2.75) is 26.7 Å². The smallest absolute Gasteiger partial charge is 0.303 e. The maximum Gasteiger partial charge on any atom is 0.303 e. The van der Waals surface area contributed by atoms with Crippen LogP contribution in [0.4, 0.5) is 4.39 Å². The zero-order valence-electron chi connectivity index (χ0n) is 11.6. The summed E-state index contributed by atoms with van der Waals surface area (Å²) in [5.41, 5.74) is 0.123. The second-order valence-electron chi connectivity index (χ2n) is 5.55. The monoisotopic (exact) mass is 356 g/mol. The Balaban J connectivity index is 2.20. The van der Waals surface area contributed by atoms with E-state index in [0.29, 0.717) is 28.2 Å². The van der Waals surface area contributed by atoms with Crippen molar-refractivity contribution in [1.82, 2.24) is 10.1 Å². The number of carboxylic acid groups (broad SMARTS) is 1. The lowest BCUT2D eigenvalue weighted by Gasteiger charge is -2.19. The number of nitrogens with zero attached hydrogens (tertiary/aromatic N) is 2. The number of aromatic nitrogens is 2. The summed E-state index contributed by atoms with van der Waals surface area (Å²) in [4.78, 5) is 15.0. The van der Waals surface area contributed by atoms with Crippen molar-refractivity contribution in [3.63, 3.8) is 0 Å². The van der Waals surface area contributed by atoms with Crippen LogP contribution in [0, 0.1) is 11.2 Å². The van der Waals surface area contributed by atoms with E-state index in [1.54, 1.807) is 6.07 Å². The fourth-order valence-corrected chi connectivity index (χ4v) is 2.52. The number of benzene rings is 1. The molecule has 0 bridgehead atoms. The molecule has 1 heterocycles. The zero-order valence-corrected chi connectivity index (χ0v) is 13.1. The second-order valence-corrected chi connectivity index (χ2v) is 6.40. The molecule has 0 fully saturated rings. The van der Waals surface area contributed by atoms with Crippen molar-refractivity contribution in [2.75, 3.05) is 0 Å². The maximum atomic E-state index is 13.1. The molecule has 112 valence electrons. The van der Waals surface area contributed by atoms with Gasteiger partial charge < -0.3 is 9.63 Å². The average molecular weight is 357 g/mol. The molecule has 0 radical (unpaired) electrons. The molecule has 1 N–H and O–H groups in total. The van der Waals surface area contributed by atoms with Gasteiger partial charge in [-0.15, -0.1) is 0 Å². The lowest BCUT2D eigenvalue weighted by molar-refractivity contribution is -0.139. The number of carbonyl (C=O) groups is 1. The van der Waals surface area contributed by atoms with Crippen molar-refractivity contribution in [2.24, 2.45) is 5.41 Å². The molecule has 1 aromatic carbocycles. The highest BCUT2D eigenvalue weighted by molar-refractivity contribution is 9.10. The van der Waals surface area contributed by atoms with Crippen molar-refractivity contribution in [3.05, 3.63) is 34.4 Å². The van der Waals surface area contributed by atoms with Crippen molar-refractivity contribution >= 4 is 21.9 Å². The molecule has 0 atom stereocenters. The van der Waals surface area contributed by atoms with Gasteiger partial charge in [0.15, 0.2) is 0 Å². The minimum absolute atomic E-state index is 0.00492. The fraction of sp³-hybridized carbons (Fsp3) is 0.357. The first-order chi connectivity index (χ1) is 9.77. The summed E-state index contributed by atoms with van der Waals surface area (Å²) in [6.07, 6.45) is 0.357. The molecular weight excluding hydrogens is 343 g/mol. The Morgan fingerprint density at radius 3 is 2.81 bits per heavy atom. The number of aliphatic carboxylic acids is 1. The predicted octanol–water partition coefficient (Wildman–Crippen LogP) is 3.68. The molecule has 0 aliphatic carbocycles. The van der Waals surface area contributed by atoms with Crippen LogP contribution in [0.15, 0.2) is 27.2 Å². The normalized spacial score (nSPS) is 11.6. The van der Waals surface area contributed by atoms with Gasteiger partial charge in [0, 0.05) is 16.5 Å². The van der Waals surface area contributed by atoms with E-state index in [0.717, 1.165) is 0 Å². The molecule has 0 saturated carbocycles. The molecule has 2 rings (SSSR count). The zero-order chi connectivity index (χ0) is 15.6. The van der Waals surface area contributed by atoms with Crippen molar-refractivity contribution < 1.29 is 18.8 Å². The first kappa shape index (κ1) is 15.6. The first-order valence-corrected chi connectivity index (χ1v) is 7.06. The van der Waals surface area contributed by atoms with Crippen LogP contribution >= 0.6 is 15.9 Å². The second kappa shape index (κ2) is 5.93. The molecule has 0 saturated heterocycles. The molecule has 0 aliphatic heterocycles. The topological polar surface area (TPSA) is 76.2 Å². The fourth-order valence-electron chi connectivity index (χ4n) is 1.99. The standard InChI is InChI=1S/C14H14BrFN2O3/c1-14(2,7-12(19)20)6-11-17-13(18-21-11)9-4-3-8(16)5-10(9)15/h3-5H,6-7H2,1-2H3,(H,19,20). The quantitative estimate of drug-likeness (QED) is 0.883. The minimum Gasteiger partial charge on any atom is -0.481 e. The molecule has 1 aromatic heterocycles. The van der Waals surface area contributed by atoms with E-state index in [1.165, 1.54) is 12.1 Å². The van der Waals surface area contributed by atoms with Crippen LogP contribution in [0.3, 0.4) is 0 Å². The number of hydrogen-bond donors (Lipinski definition) is 1. The van der Waals surface area contributed by atoms with Crippen LogP contribution in [0.1, 0.15) is 26.2 Å². The van der Waals surface area contributed by atoms with Gasteiger partial charge >= 0.3 is 5.97 Å². The lowest BCUT2D eigenvalue weighted by Crippen LogP contribution is -2.19. The highest BCUT2D eigenvalue weighted by Gasteiger charge is 2.25. The number of rotatable bonds is 5. The molecule has 0 unspecified atom stereocenters. The average Bonchev–Trinajstić information content (AvgIpc) is 2.74. The van der Waals surface area contributed by atoms with Crippen LogP contribution in [0.25, 0.3) is 11.4 Å². The van der Waals surface area contributed by atoms with Gasteiger partial charge in [-0.25, -0.2) is 4.39 Å². The molecule has 5 nitrogen and oxygen atoms in total. The Bertz CT molecular complexity index is 670. The summed E-state index contributed by atoms with van der Waals surface area (Å²) in [6.45, 7) is 3.64. The molecule has 0 aliphatic rings. The van der Waals surface area contributed by atoms with Gasteiger partial charge in [0.2, 0.25) is 11.7 Å². The molecule has 21 heavy (non-hydrogen) atoms. The lowest BCUT2D eigenvalue weighted by atomic mass is 9.86. The molecule has 7 heteroatoms. The number of carboxylic acids is 1. The highest BCUT2D eigenvalue weighted by Crippen LogP contribution is 2.29. The van der Waals surface area contributed by atoms with Gasteiger partial charge in [-0.3, -0.25) is 4.79 Å². The van der Waals surface area contributed by atoms with Gasteiger partial charge in [-0.1, -0.05) is 19.0 Å². The summed E-state index contributed by atoms with van der Waals surface area (Å²) in [5, 5.41) is 12.7. The van der Waals surface area contributed by atoms with Gasteiger partial charge in [0.05, 0.1) is 6.42 Å². The van der Waals surface area contributed by atoms with Gasteiger partial charge in [-0.2, -0.15) is 4.98 Å². The Hall–Kier alpha value is -1.76. The van der Waals surface area contributed by atoms with E-state index in [1.807, 2.05) is 13.8 Å². The van der Waals surface area contributed by atoms with E-state index in [-0.39, 0.29) is 12.2 Å². The third-order valence-corrected chi connectivity index (χ3v) is 3.56. The Labute approximate surface area is 129 Å². The van der Waals surface area contributed by atoms with E-state index in [2.05, 4.69) is 26.1 Å². The summed E-state index contributed by atoms with van der Waals surface area (Å²) in [5.74, 6) is -0.548. The minimum atomic E-state index is -0.874. The van der Waals surface area contributed by atoms with Gasteiger partial charge in [0.1, 0.15) is 5.82 Å². The Kier molecular flexibility index (Phi) is 4.41. The Morgan fingerprint density at radius 1 is 1.48 bits per heavy atom. The summed E-state index contributed by atoms with van der Waals surface area (Å²) < 4.78 is 18.7. The Morgan fingerprint density at radius 2 is 2.19 bits per heavy atom. The molecule has 2 aromatic rings.